The molecule has 1 aliphatic rings. The molecule has 0 saturated heterocycles. The number of carbonyl (C=O) groups is 2. The molecule has 0 aliphatic carbocycles. The second-order valence-corrected chi connectivity index (χ2v) is 5.97. The molecule has 2 amide bonds. The summed E-state index contributed by atoms with van der Waals surface area (Å²) < 4.78 is 1.68. The molecule has 1 atom stereocenters. The Morgan fingerprint density at radius 2 is 2.00 bits per heavy atom. The third-order valence-corrected chi connectivity index (χ3v) is 4.45. The average Bonchev–Trinajstić information content (AvgIpc) is 3.14. The number of hydrogen-bond acceptors (Lipinski definition) is 4. The lowest BCUT2D eigenvalue weighted by molar-refractivity contribution is -0.125. The van der Waals surface area contributed by atoms with Gasteiger partial charge in [-0.3, -0.25) is 14.3 Å². The van der Waals surface area contributed by atoms with Crippen LogP contribution in [0, 0.1) is 0 Å². The van der Waals surface area contributed by atoms with Gasteiger partial charge in [0.1, 0.15) is 11.7 Å². The van der Waals surface area contributed by atoms with E-state index in [1.807, 2.05) is 36.4 Å². The van der Waals surface area contributed by atoms with Crippen molar-refractivity contribution in [3.63, 3.8) is 0 Å². The van der Waals surface area contributed by atoms with Gasteiger partial charge in [0.25, 0.3) is 5.91 Å². The summed E-state index contributed by atoms with van der Waals surface area (Å²) in [6.45, 7) is 0.669. The van der Waals surface area contributed by atoms with Crippen LogP contribution in [-0.4, -0.2) is 45.1 Å². The van der Waals surface area contributed by atoms with Crippen LogP contribution in [0.1, 0.15) is 22.2 Å². The fourth-order valence-electron chi connectivity index (χ4n) is 3.16. The molecule has 0 saturated carbocycles. The maximum atomic E-state index is 12.9. The summed E-state index contributed by atoms with van der Waals surface area (Å²) in [5.41, 5.74) is 1.98. The molecule has 2 aromatic heterocycles. The standard InChI is InChI=1S/C18H17N5O2/c1-19-17(24)16-11-22(10-13-8-9-20-23(13)16)18(25)15-7-6-12-4-2-3-5-14(12)21-15/h2-9,16H,10-11H2,1H3,(H,19,24)/t16-/m1/s1. The lowest BCUT2D eigenvalue weighted by Gasteiger charge is -2.32. The molecule has 7 heteroatoms. The zero-order chi connectivity index (χ0) is 17.4. The Morgan fingerprint density at radius 3 is 2.84 bits per heavy atom. The summed E-state index contributed by atoms with van der Waals surface area (Å²) >= 11 is 0. The summed E-state index contributed by atoms with van der Waals surface area (Å²) in [6.07, 6.45) is 1.65. The highest BCUT2D eigenvalue weighted by atomic mass is 16.2. The van der Waals surface area contributed by atoms with Gasteiger partial charge in [0, 0.05) is 18.6 Å². The second kappa shape index (κ2) is 6.01. The van der Waals surface area contributed by atoms with E-state index in [4.69, 9.17) is 0 Å². The quantitative estimate of drug-likeness (QED) is 0.767. The van der Waals surface area contributed by atoms with Gasteiger partial charge >= 0.3 is 0 Å². The van der Waals surface area contributed by atoms with Crippen molar-refractivity contribution in [1.29, 1.82) is 0 Å². The first-order valence-electron chi connectivity index (χ1n) is 8.06. The molecular formula is C18H17N5O2. The summed E-state index contributed by atoms with van der Waals surface area (Å²) in [5.74, 6) is -0.360. The second-order valence-electron chi connectivity index (χ2n) is 5.97. The molecule has 0 spiro atoms. The van der Waals surface area contributed by atoms with Gasteiger partial charge in [0.2, 0.25) is 5.91 Å². The van der Waals surface area contributed by atoms with Gasteiger partial charge < -0.3 is 10.2 Å². The third-order valence-electron chi connectivity index (χ3n) is 4.45. The first kappa shape index (κ1) is 15.3. The van der Waals surface area contributed by atoms with Crippen molar-refractivity contribution in [2.45, 2.75) is 12.6 Å². The first-order valence-corrected chi connectivity index (χ1v) is 8.06. The number of amides is 2. The molecule has 3 heterocycles. The van der Waals surface area contributed by atoms with E-state index in [9.17, 15) is 9.59 Å². The van der Waals surface area contributed by atoms with E-state index in [0.717, 1.165) is 16.6 Å². The van der Waals surface area contributed by atoms with E-state index >= 15 is 0 Å². The molecule has 0 fully saturated rings. The van der Waals surface area contributed by atoms with Crippen molar-refractivity contribution in [1.82, 2.24) is 25.0 Å². The van der Waals surface area contributed by atoms with Gasteiger partial charge in [0.05, 0.1) is 24.3 Å². The van der Waals surface area contributed by atoms with Gasteiger partial charge in [-0.15, -0.1) is 0 Å². The number of para-hydroxylation sites is 1. The lowest BCUT2D eigenvalue weighted by atomic mass is 10.1. The van der Waals surface area contributed by atoms with Crippen molar-refractivity contribution in [2.24, 2.45) is 0 Å². The molecule has 1 aromatic carbocycles. The van der Waals surface area contributed by atoms with Crippen LogP contribution >= 0.6 is 0 Å². The van der Waals surface area contributed by atoms with Gasteiger partial charge in [0.15, 0.2) is 0 Å². The van der Waals surface area contributed by atoms with Crippen LogP contribution < -0.4 is 5.32 Å². The summed E-state index contributed by atoms with van der Waals surface area (Å²) in [7, 11) is 1.58. The van der Waals surface area contributed by atoms with E-state index in [2.05, 4.69) is 15.4 Å². The van der Waals surface area contributed by atoms with Gasteiger partial charge in [-0.25, -0.2) is 4.98 Å². The molecule has 25 heavy (non-hydrogen) atoms. The molecule has 0 unspecified atom stereocenters. The highest BCUT2D eigenvalue weighted by Gasteiger charge is 2.33. The molecule has 0 bridgehead atoms. The Hall–Kier alpha value is -3.22. The van der Waals surface area contributed by atoms with Crippen LogP contribution in [0.4, 0.5) is 0 Å². The summed E-state index contributed by atoms with van der Waals surface area (Å²) in [4.78, 5) is 31.2. The average molecular weight is 335 g/mol. The minimum absolute atomic E-state index is 0.172. The number of rotatable bonds is 2. The number of nitrogens with zero attached hydrogens (tertiary/aromatic N) is 4. The zero-order valence-electron chi connectivity index (χ0n) is 13.7. The van der Waals surface area contributed by atoms with Gasteiger partial charge in [-0.2, -0.15) is 5.10 Å². The van der Waals surface area contributed by atoms with Crippen LogP contribution in [0.5, 0.6) is 0 Å². The van der Waals surface area contributed by atoms with E-state index in [1.165, 1.54) is 0 Å². The number of pyridine rings is 1. The molecule has 0 radical (unpaired) electrons. The van der Waals surface area contributed by atoms with Crippen molar-refractivity contribution < 1.29 is 9.59 Å². The Labute approximate surface area is 144 Å². The highest BCUT2D eigenvalue weighted by molar-refractivity contribution is 5.95. The molecule has 3 aromatic rings. The van der Waals surface area contributed by atoms with Crippen LogP contribution in [0.25, 0.3) is 10.9 Å². The van der Waals surface area contributed by atoms with Crippen LogP contribution in [0.15, 0.2) is 48.7 Å². The Bertz CT molecular complexity index is 965. The first-order chi connectivity index (χ1) is 12.2. The third kappa shape index (κ3) is 2.63. The molecule has 7 nitrogen and oxygen atoms in total. The van der Waals surface area contributed by atoms with E-state index in [-0.39, 0.29) is 18.4 Å². The van der Waals surface area contributed by atoms with E-state index in [0.29, 0.717) is 12.2 Å². The largest absolute Gasteiger partial charge is 0.357 e. The highest BCUT2D eigenvalue weighted by Crippen LogP contribution is 2.22. The van der Waals surface area contributed by atoms with Gasteiger partial charge in [-0.05, 0) is 18.2 Å². The molecule has 126 valence electrons. The van der Waals surface area contributed by atoms with E-state index < -0.39 is 6.04 Å². The summed E-state index contributed by atoms with van der Waals surface area (Å²) in [5, 5.41) is 7.84. The lowest BCUT2D eigenvalue weighted by Crippen LogP contribution is -2.46. The van der Waals surface area contributed by atoms with Crippen molar-refractivity contribution in [3.8, 4) is 0 Å². The number of likely N-dealkylation sites (N-methyl/N-ethyl adjacent to an activating group) is 1. The number of carbonyl (C=O) groups excluding carboxylic acids is 2. The minimum Gasteiger partial charge on any atom is -0.357 e. The van der Waals surface area contributed by atoms with Crippen molar-refractivity contribution in [2.75, 3.05) is 13.6 Å². The Morgan fingerprint density at radius 1 is 1.16 bits per heavy atom. The molecule has 4 rings (SSSR count). The maximum absolute atomic E-state index is 12.9. The fraction of sp³-hybridized carbons (Fsp3) is 0.222. The molecule has 1 N–H and O–H groups in total. The zero-order valence-corrected chi connectivity index (χ0v) is 13.7. The van der Waals surface area contributed by atoms with Crippen molar-refractivity contribution in [3.05, 3.63) is 60.0 Å². The Balaban J connectivity index is 1.66. The number of fused-ring (bicyclic) bond motifs is 2. The minimum atomic E-state index is -0.534. The normalized spacial score (nSPS) is 16.5. The number of nitrogens with one attached hydrogen (secondary N) is 1. The van der Waals surface area contributed by atoms with Crippen molar-refractivity contribution >= 4 is 22.7 Å². The Kier molecular flexibility index (Phi) is 3.68. The predicted molar refractivity (Wildman–Crippen MR) is 91.8 cm³/mol. The molecular weight excluding hydrogens is 318 g/mol. The van der Waals surface area contributed by atoms with Gasteiger partial charge in [-0.1, -0.05) is 24.3 Å². The van der Waals surface area contributed by atoms with Crippen LogP contribution in [0.2, 0.25) is 0 Å². The predicted octanol–water partition coefficient (Wildman–Crippen LogP) is 1.37. The number of benzene rings is 1. The fourth-order valence-corrected chi connectivity index (χ4v) is 3.16. The monoisotopic (exact) mass is 335 g/mol. The smallest absolute Gasteiger partial charge is 0.272 e. The number of aromatic nitrogens is 3. The van der Waals surface area contributed by atoms with Crippen LogP contribution in [-0.2, 0) is 11.3 Å². The van der Waals surface area contributed by atoms with E-state index in [1.54, 1.807) is 28.9 Å². The maximum Gasteiger partial charge on any atom is 0.272 e. The number of hydrogen-bond donors (Lipinski definition) is 1. The topological polar surface area (TPSA) is 80.1 Å². The SMILES string of the molecule is CNC(=O)[C@H]1CN(C(=O)c2ccc3ccccc3n2)Cc2ccnn21. The summed E-state index contributed by atoms with van der Waals surface area (Å²) in [6, 6.07) is 12.6. The molecule has 1 aliphatic heterocycles. The van der Waals surface area contributed by atoms with Crippen LogP contribution in [0.3, 0.4) is 0 Å².